The van der Waals surface area contributed by atoms with Crippen LogP contribution in [0.5, 0.6) is 0 Å². The lowest BCUT2D eigenvalue weighted by Crippen LogP contribution is -2.38. The van der Waals surface area contributed by atoms with E-state index in [4.69, 9.17) is 10.7 Å². The molecule has 3 aromatic rings. The van der Waals surface area contributed by atoms with Crippen LogP contribution in [0.3, 0.4) is 0 Å². The van der Waals surface area contributed by atoms with Crippen molar-refractivity contribution in [3.63, 3.8) is 0 Å². The molecule has 6 nitrogen and oxygen atoms in total. The fourth-order valence-electron chi connectivity index (χ4n) is 5.13. The third-order valence-electron chi connectivity index (χ3n) is 7.49. The Kier molecular flexibility index (Phi) is 8.08. The van der Waals surface area contributed by atoms with E-state index < -0.39 is 5.54 Å². The molecule has 0 unspecified atom stereocenters. The maximum Gasteiger partial charge on any atom is 0.224 e. The summed E-state index contributed by atoms with van der Waals surface area (Å²) in [7, 11) is 1.87. The van der Waals surface area contributed by atoms with Crippen molar-refractivity contribution in [2.24, 2.45) is 11.7 Å². The van der Waals surface area contributed by atoms with Crippen molar-refractivity contribution >= 4 is 17.5 Å². The van der Waals surface area contributed by atoms with Crippen LogP contribution in [0, 0.1) is 5.92 Å². The van der Waals surface area contributed by atoms with Crippen molar-refractivity contribution in [1.82, 2.24) is 9.88 Å². The Labute approximate surface area is 220 Å². The second-order valence-electron chi connectivity index (χ2n) is 10.8. The lowest BCUT2D eigenvalue weighted by Gasteiger charge is -2.34. The van der Waals surface area contributed by atoms with E-state index in [2.05, 4.69) is 29.6 Å². The first-order valence-electron chi connectivity index (χ1n) is 13.1. The number of carbonyl (C=O) groups is 2. The van der Waals surface area contributed by atoms with Crippen molar-refractivity contribution < 1.29 is 9.59 Å². The van der Waals surface area contributed by atoms with Crippen molar-refractivity contribution in [1.29, 1.82) is 0 Å². The second kappa shape index (κ2) is 11.3. The highest BCUT2D eigenvalue weighted by molar-refractivity contribution is 5.93. The van der Waals surface area contributed by atoms with Gasteiger partial charge in [0.05, 0.1) is 17.6 Å². The van der Waals surface area contributed by atoms with Gasteiger partial charge in [-0.1, -0.05) is 54.6 Å². The largest absolute Gasteiger partial charge is 0.343 e. The van der Waals surface area contributed by atoms with Gasteiger partial charge < -0.3 is 16.0 Å². The van der Waals surface area contributed by atoms with Crippen molar-refractivity contribution in [2.75, 3.05) is 12.4 Å². The second-order valence-corrected chi connectivity index (χ2v) is 10.8. The maximum atomic E-state index is 12.9. The highest BCUT2D eigenvalue weighted by Gasteiger charge is 2.26. The van der Waals surface area contributed by atoms with Crippen LogP contribution in [0.4, 0.5) is 5.69 Å². The number of carbonyl (C=O) groups excluding carboxylic acids is 2. The SMILES string of the molecule is CC(=O)N(C)[C@H]1CC[C@H](CC(=O)Nc2cnc(-c3ccc(C(C)(C)N)cc3)c(-c3ccccc3)c2)CC1. The van der Waals surface area contributed by atoms with Gasteiger partial charge in [0.15, 0.2) is 0 Å². The molecule has 3 N–H and O–H groups in total. The van der Waals surface area contributed by atoms with Crippen LogP contribution < -0.4 is 11.1 Å². The first-order chi connectivity index (χ1) is 17.6. The molecule has 0 spiro atoms. The van der Waals surface area contributed by atoms with Crippen LogP contribution in [0.1, 0.15) is 58.4 Å². The Hall–Kier alpha value is -3.51. The fourth-order valence-corrected chi connectivity index (χ4v) is 5.13. The minimum atomic E-state index is -0.412. The molecular formula is C31H38N4O2. The van der Waals surface area contributed by atoms with Crippen LogP contribution in [0.25, 0.3) is 22.4 Å². The van der Waals surface area contributed by atoms with Crippen molar-refractivity contribution in [3.8, 4) is 22.4 Å². The highest BCUT2D eigenvalue weighted by atomic mass is 16.2. The molecule has 0 atom stereocenters. The normalized spacial score (nSPS) is 17.8. The molecule has 1 heterocycles. The Morgan fingerprint density at radius 3 is 2.24 bits per heavy atom. The number of rotatable bonds is 7. The number of hydrogen-bond donors (Lipinski definition) is 2. The minimum absolute atomic E-state index is 0.00599. The molecule has 2 amide bonds. The molecule has 1 aromatic heterocycles. The fraction of sp³-hybridized carbons (Fsp3) is 0.387. The summed E-state index contributed by atoms with van der Waals surface area (Å²) < 4.78 is 0. The predicted octanol–water partition coefficient (Wildman–Crippen LogP) is 5.98. The van der Waals surface area contributed by atoms with Gasteiger partial charge in [-0.3, -0.25) is 14.6 Å². The van der Waals surface area contributed by atoms with Crippen LogP contribution in [0.15, 0.2) is 66.9 Å². The zero-order chi connectivity index (χ0) is 26.6. The lowest BCUT2D eigenvalue weighted by molar-refractivity contribution is -0.130. The standard InChI is InChI=1S/C31H38N4O2/c1-21(36)35(4)27-16-10-22(11-17-27)18-29(37)34-26-19-28(23-8-6-5-7-9-23)30(33-20-26)24-12-14-25(15-13-24)31(2,3)32/h5-9,12-15,19-20,22,27H,10-11,16-18,32H2,1-4H3,(H,34,37)/t22-,27-. The van der Waals surface area contributed by atoms with Crippen LogP contribution in [-0.2, 0) is 15.1 Å². The van der Waals surface area contributed by atoms with Crippen molar-refractivity contribution in [2.45, 2.75) is 64.5 Å². The van der Waals surface area contributed by atoms with Gasteiger partial charge >= 0.3 is 0 Å². The molecule has 1 fully saturated rings. The summed E-state index contributed by atoms with van der Waals surface area (Å²) in [5, 5.41) is 3.08. The average molecular weight is 499 g/mol. The van der Waals surface area contributed by atoms with E-state index in [1.807, 2.05) is 62.2 Å². The van der Waals surface area contributed by atoms with Crippen LogP contribution >= 0.6 is 0 Å². The van der Waals surface area contributed by atoms with E-state index in [0.717, 1.165) is 53.6 Å². The first-order valence-corrected chi connectivity index (χ1v) is 13.1. The van der Waals surface area contributed by atoms with Crippen LogP contribution in [-0.4, -0.2) is 34.8 Å². The Morgan fingerprint density at radius 2 is 1.65 bits per heavy atom. The van der Waals surface area contributed by atoms with E-state index in [1.54, 1.807) is 13.1 Å². The number of anilines is 1. The van der Waals surface area contributed by atoms with Crippen LogP contribution in [0.2, 0.25) is 0 Å². The smallest absolute Gasteiger partial charge is 0.224 e. The summed E-state index contributed by atoms with van der Waals surface area (Å²) in [6.07, 6.45) is 6.02. The quantitative estimate of drug-likeness (QED) is 0.420. The predicted molar refractivity (Wildman–Crippen MR) is 150 cm³/mol. The van der Waals surface area contributed by atoms with Gasteiger partial charge in [-0.15, -0.1) is 0 Å². The van der Waals surface area contributed by atoms with E-state index >= 15 is 0 Å². The number of hydrogen-bond acceptors (Lipinski definition) is 4. The van der Waals surface area contributed by atoms with E-state index in [-0.39, 0.29) is 17.9 Å². The molecule has 6 heteroatoms. The number of pyridine rings is 1. The summed E-state index contributed by atoms with van der Waals surface area (Å²) in [5.74, 6) is 0.444. The molecule has 194 valence electrons. The number of aromatic nitrogens is 1. The Morgan fingerprint density at radius 1 is 1.00 bits per heavy atom. The van der Waals surface area contributed by atoms with Gasteiger partial charge in [-0.2, -0.15) is 0 Å². The molecule has 1 aliphatic rings. The molecular weight excluding hydrogens is 460 g/mol. The summed E-state index contributed by atoms with van der Waals surface area (Å²) in [5.41, 5.74) is 11.5. The van der Waals surface area contributed by atoms with Gasteiger partial charge in [0.1, 0.15) is 0 Å². The third kappa shape index (κ3) is 6.63. The minimum Gasteiger partial charge on any atom is -0.343 e. The topological polar surface area (TPSA) is 88.3 Å². The number of nitrogens with one attached hydrogen (secondary N) is 1. The molecule has 0 bridgehead atoms. The van der Waals surface area contributed by atoms with Gasteiger partial charge in [0.2, 0.25) is 11.8 Å². The molecule has 2 aromatic carbocycles. The zero-order valence-corrected chi connectivity index (χ0v) is 22.3. The molecule has 4 rings (SSSR count). The summed E-state index contributed by atoms with van der Waals surface area (Å²) in [6.45, 7) is 5.59. The van der Waals surface area contributed by atoms with Crippen molar-refractivity contribution in [3.05, 3.63) is 72.4 Å². The number of nitrogens with two attached hydrogens (primary N) is 1. The number of amides is 2. The third-order valence-corrected chi connectivity index (χ3v) is 7.49. The van der Waals surface area contributed by atoms with Gasteiger partial charge in [-0.25, -0.2) is 0 Å². The molecule has 0 aliphatic heterocycles. The monoisotopic (exact) mass is 498 g/mol. The Bertz CT molecular complexity index is 1220. The van der Waals surface area contributed by atoms with E-state index in [0.29, 0.717) is 18.0 Å². The van der Waals surface area contributed by atoms with E-state index in [9.17, 15) is 9.59 Å². The Balaban J connectivity index is 1.49. The molecule has 1 saturated carbocycles. The van der Waals surface area contributed by atoms with Gasteiger partial charge in [0, 0.05) is 43.1 Å². The average Bonchev–Trinajstić information content (AvgIpc) is 2.88. The number of benzene rings is 2. The van der Waals surface area contributed by atoms with Gasteiger partial charge in [0.25, 0.3) is 0 Å². The molecule has 0 radical (unpaired) electrons. The highest BCUT2D eigenvalue weighted by Crippen LogP contribution is 2.34. The number of nitrogens with zero attached hydrogens (tertiary/aromatic N) is 2. The molecule has 1 aliphatic carbocycles. The maximum absolute atomic E-state index is 12.9. The summed E-state index contributed by atoms with van der Waals surface area (Å²) in [4.78, 5) is 31.2. The lowest BCUT2D eigenvalue weighted by atomic mass is 9.83. The molecule has 0 saturated heterocycles. The van der Waals surface area contributed by atoms with Gasteiger partial charge in [-0.05, 0) is 62.6 Å². The van der Waals surface area contributed by atoms with E-state index in [1.165, 1.54) is 0 Å². The first kappa shape index (κ1) is 26.6. The zero-order valence-electron chi connectivity index (χ0n) is 22.3. The molecule has 37 heavy (non-hydrogen) atoms. The summed E-state index contributed by atoms with van der Waals surface area (Å²) in [6, 6.07) is 20.6. The summed E-state index contributed by atoms with van der Waals surface area (Å²) >= 11 is 0.